The molecule has 0 aliphatic heterocycles. The second kappa shape index (κ2) is 6.08. The van der Waals surface area contributed by atoms with Crippen LogP contribution in [-0.4, -0.2) is 28.9 Å². The van der Waals surface area contributed by atoms with E-state index in [1.165, 1.54) is 6.20 Å². The molecule has 84 valence electrons. The summed E-state index contributed by atoms with van der Waals surface area (Å²) in [6, 6.07) is 1.60. The Labute approximate surface area is 100 Å². The molecule has 0 saturated carbocycles. The van der Waals surface area contributed by atoms with Crippen LogP contribution in [0.2, 0.25) is 5.02 Å². The van der Waals surface area contributed by atoms with Gasteiger partial charge in [0, 0.05) is 25.5 Å². The van der Waals surface area contributed by atoms with Gasteiger partial charge in [0.05, 0.1) is 10.6 Å². The molecule has 3 nitrogen and oxygen atoms in total. The SMILES string of the molecule is C=CCN(CC=C)C(=O)c1ccncc1Cl. The maximum atomic E-state index is 12.1. The highest BCUT2D eigenvalue weighted by Crippen LogP contribution is 2.15. The van der Waals surface area contributed by atoms with Gasteiger partial charge in [-0.05, 0) is 6.07 Å². The van der Waals surface area contributed by atoms with Crippen molar-refractivity contribution in [2.24, 2.45) is 0 Å². The quantitative estimate of drug-likeness (QED) is 0.737. The van der Waals surface area contributed by atoms with Gasteiger partial charge in [0.1, 0.15) is 0 Å². The van der Waals surface area contributed by atoms with Crippen molar-refractivity contribution in [3.63, 3.8) is 0 Å². The lowest BCUT2D eigenvalue weighted by atomic mass is 10.2. The molecule has 0 unspecified atom stereocenters. The van der Waals surface area contributed by atoms with Crippen molar-refractivity contribution >= 4 is 17.5 Å². The predicted molar refractivity (Wildman–Crippen MR) is 65.5 cm³/mol. The van der Waals surface area contributed by atoms with Gasteiger partial charge in [-0.2, -0.15) is 0 Å². The van der Waals surface area contributed by atoms with Crippen molar-refractivity contribution in [1.29, 1.82) is 0 Å². The Morgan fingerprint density at radius 1 is 1.44 bits per heavy atom. The van der Waals surface area contributed by atoms with Gasteiger partial charge in [-0.15, -0.1) is 13.2 Å². The minimum Gasteiger partial charge on any atom is -0.331 e. The smallest absolute Gasteiger partial charge is 0.256 e. The third-order valence-electron chi connectivity index (χ3n) is 1.99. The monoisotopic (exact) mass is 236 g/mol. The predicted octanol–water partition coefficient (Wildman–Crippen LogP) is 2.55. The minimum absolute atomic E-state index is 0.146. The molecular weight excluding hydrogens is 224 g/mol. The summed E-state index contributed by atoms with van der Waals surface area (Å²) in [5.74, 6) is -0.146. The molecule has 1 amide bonds. The van der Waals surface area contributed by atoms with E-state index < -0.39 is 0 Å². The first-order valence-corrected chi connectivity index (χ1v) is 5.19. The Bertz CT molecular complexity index is 394. The second-order valence-corrected chi connectivity index (χ2v) is 3.55. The summed E-state index contributed by atoms with van der Waals surface area (Å²) < 4.78 is 0. The number of carbonyl (C=O) groups is 1. The molecule has 1 heterocycles. The van der Waals surface area contributed by atoms with Crippen molar-refractivity contribution in [3.05, 3.63) is 54.4 Å². The molecule has 4 heteroatoms. The largest absolute Gasteiger partial charge is 0.331 e. The summed E-state index contributed by atoms with van der Waals surface area (Å²) >= 11 is 5.90. The molecule has 1 aromatic heterocycles. The molecular formula is C12H13ClN2O. The van der Waals surface area contributed by atoms with Crippen LogP contribution in [0.25, 0.3) is 0 Å². The minimum atomic E-state index is -0.146. The fraction of sp³-hybridized carbons (Fsp3) is 0.167. The molecule has 0 atom stereocenters. The molecule has 0 bridgehead atoms. The number of nitrogens with zero attached hydrogens (tertiary/aromatic N) is 2. The van der Waals surface area contributed by atoms with Gasteiger partial charge in [0.15, 0.2) is 0 Å². The topological polar surface area (TPSA) is 33.2 Å². The highest BCUT2D eigenvalue weighted by atomic mass is 35.5. The van der Waals surface area contributed by atoms with Crippen molar-refractivity contribution in [2.45, 2.75) is 0 Å². The van der Waals surface area contributed by atoms with E-state index in [-0.39, 0.29) is 5.91 Å². The molecule has 0 spiro atoms. The zero-order valence-corrected chi connectivity index (χ0v) is 9.65. The first-order valence-electron chi connectivity index (χ1n) is 4.81. The number of halogens is 1. The number of amides is 1. The van der Waals surface area contributed by atoms with Crippen molar-refractivity contribution < 1.29 is 4.79 Å². The normalized spacial score (nSPS) is 9.56. The number of carbonyl (C=O) groups excluding carboxylic acids is 1. The van der Waals surface area contributed by atoms with Crippen molar-refractivity contribution in [3.8, 4) is 0 Å². The van der Waals surface area contributed by atoms with Crippen LogP contribution < -0.4 is 0 Å². The summed E-state index contributed by atoms with van der Waals surface area (Å²) in [4.78, 5) is 17.5. The van der Waals surface area contributed by atoms with Gasteiger partial charge >= 0.3 is 0 Å². The van der Waals surface area contributed by atoms with Crippen LogP contribution in [0.4, 0.5) is 0 Å². The van der Waals surface area contributed by atoms with Gasteiger partial charge < -0.3 is 4.90 Å². The Balaban J connectivity index is 2.94. The summed E-state index contributed by atoms with van der Waals surface area (Å²) in [5.41, 5.74) is 0.445. The Morgan fingerprint density at radius 3 is 2.56 bits per heavy atom. The van der Waals surface area contributed by atoms with E-state index in [1.54, 1.807) is 29.3 Å². The van der Waals surface area contributed by atoms with Gasteiger partial charge in [0.2, 0.25) is 0 Å². The van der Waals surface area contributed by atoms with Gasteiger partial charge in [-0.1, -0.05) is 23.8 Å². The van der Waals surface area contributed by atoms with Crippen molar-refractivity contribution in [2.75, 3.05) is 13.1 Å². The van der Waals surface area contributed by atoms with E-state index in [2.05, 4.69) is 18.1 Å². The number of aromatic nitrogens is 1. The standard InChI is InChI=1S/C12H13ClN2O/c1-3-7-15(8-4-2)12(16)10-5-6-14-9-11(10)13/h3-6,9H,1-2,7-8H2. The van der Waals surface area contributed by atoms with E-state index in [9.17, 15) is 4.79 Å². The molecule has 0 N–H and O–H groups in total. The third-order valence-corrected chi connectivity index (χ3v) is 2.29. The Hall–Kier alpha value is -1.61. The van der Waals surface area contributed by atoms with Crippen molar-refractivity contribution in [1.82, 2.24) is 9.88 Å². The first kappa shape index (κ1) is 12.5. The van der Waals surface area contributed by atoms with E-state index in [4.69, 9.17) is 11.6 Å². The van der Waals surface area contributed by atoms with Gasteiger partial charge in [-0.3, -0.25) is 9.78 Å². The fourth-order valence-corrected chi connectivity index (χ4v) is 1.47. The highest BCUT2D eigenvalue weighted by molar-refractivity contribution is 6.33. The molecule has 0 aromatic carbocycles. The Morgan fingerprint density at radius 2 is 2.06 bits per heavy atom. The summed E-state index contributed by atoms with van der Waals surface area (Å²) in [5, 5.41) is 0.352. The number of hydrogen-bond acceptors (Lipinski definition) is 2. The highest BCUT2D eigenvalue weighted by Gasteiger charge is 2.15. The lowest BCUT2D eigenvalue weighted by molar-refractivity contribution is 0.0791. The molecule has 1 rings (SSSR count). The summed E-state index contributed by atoms with van der Waals surface area (Å²) in [6.45, 7) is 8.14. The first-order chi connectivity index (χ1) is 7.70. The molecule has 0 aliphatic rings. The molecule has 0 aliphatic carbocycles. The third kappa shape index (κ3) is 2.94. The van der Waals surface area contributed by atoms with Crippen LogP contribution in [0.3, 0.4) is 0 Å². The average molecular weight is 237 g/mol. The number of pyridine rings is 1. The lowest BCUT2D eigenvalue weighted by Gasteiger charge is -2.19. The van der Waals surface area contributed by atoms with E-state index in [0.29, 0.717) is 23.7 Å². The maximum absolute atomic E-state index is 12.1. The van der Waals surface area contributed by atoms with E-state index in [1.807, 2.05) is 0 Å². The van der Waals surface area contributed by atoms with Crippen LogP contribution in [-0.2, 0) is 0 Å². The molecule has 1 aromatic rings. The summed E-state index contributed by atoms with van der Waals surface area (Å²) in [7, 11) is 0. The average Bonchev–Trinajstić information content (AvgIpc) is 2.28. The van der Waals surface area contributed by atoms with E-state index >= 15 is 0 Å². The fourth-order valence-electron chi connectivity index (χ4n) is 1.27. The molecule has 0 saturated heterocycles. The second-order valence-electron chi connectivity index (χ2n) is 3.14. The van der Waals surface area contributed by atoms with Gasteiger partial charge in [0.25, 0.3) is 5.91 Å². The molecule has 16 heavy (non-hydrogen) atoms. The number of hydrogen-bond donors (Lipinski definition) is 0. The molecule has 0 fully saturated rings. The van der Waals surface area contributed by atoms with Gasteiger partial charge in [-0.25, -0.2) is 0 Å². The van der Waals surface area contributed by atoms with Crippen LogP contribution in [0.15, 0.2) is 43.8 Å². The summed E-state index contributed by atoms with van der Waals surface area (Å²) in [6.07, 6.45) is 6.32. The van der Waals surface area contributed by atoms with Crippen LogP contribution in [0.5, 0.6) is 0 Å². The van der Waals surface area contributed by atoms with E-state index in [0.717, 1.165) is 0 Å². The van der Waals surface area contributed by atoms with Crippen LogP contribution >= 0.6 is 11.6 Å². The zero-order chi connectivity index (χ0) is 12.0. The number of rotatable bonds is 5. The van der Waals surface area contributed by atoms with Crippen LogP contribution in [0, 0.1) is 0 Å². The zero-order valence-electron chi connectivity index (χ0n) is 8.90. The lowest BCUT2D eigenvalue weighted by Crippen LogP contribution is -2.31. The van der Waals surface area contributed by atoms with Crippen LogP contribution in [0.1, 0.15) is 10.4 Å². The maximum Gasteiger partial charge on any atom is 0.256 e. The Kier molecular flexibility index (Phi) is 4.73. The molecule has 0 radical (unpaired) electrons.